The summed E-state index contributed by atoms with van der Waals surface area (Å²) >= 11 is 0. The van der Waals surface area contributed by atoms with E-state index in [9.17, 15) is 8.78 Å². The molecular weight excluding hydrogens is 588 g/mol. The van der Waals surface area contributed by atoms with Crippen molar-refractivity contribution in [3.8, 4) is 45.2 Å². The van der Waals surface area contributed by atoms with Crippen molar-refractivity contribution in [2.45, 2.75) is 38.7 Å². The molecule has 0 saturated carbocycles. The lowest BCUT2D eigenvalue weighted by Gasteiger charge is -2.20. The summed E-state index contributed by atoms with van der Waals surface area (Å²) < 4.78 is 93.6. The van der Waals surface area contributed by atoms with Crippen LogP contribution in [0, 0.1) is 34.6 Å². The van der Waals surface area contributed by atoms with Crippen LogP contribution in [0.25, 0.3) is 33.4 Å². The van der Waals surface area contributed by atoms with Gasteiger partial charge >= 0.3 is 6.11 Å². The molecule has 5 aromatic carbocycles. The molecule has 228 valence electrons. The van der Waals surface area contributed by atoms with E-state index in [2.05, 4.69) is 11.7 Å². The average molecular weight is 616 g/mol. The van der Waals surface area contributed by atoms with Gasteiger partial charge in [-0.25, -0.2) is 17.6 Å². The van der Waals surface area contributed by atoms with Gasteiger partial charge in [0.1, 0.15) is 35.1 Å². The summed E-state index contributed by atoms with van der Waals surface area (Å²) in [4.78, 5) is 0. The van der Waals surface area contributed by atoms with E-state index in [1.807, 2.05) is 24.3 Å². The van der Waals surface area contributed by atoms with Gasteiger partial charge in [-0.1, -0.05) is 68.3 Å². The van der Waals surface area contributed by atoms with Crippen molar-refractivity contribution in [2.75, 3.05) is 0 Å². The number of alkyl halides is 2. The van der Waals surface area contributed by atoms with Gasteiger partial charge < -0.3 is 4.74 Å². The number of aryl methyl sites for hydroxylation is 1. The Hall–Kier alpha value is -5.03. The van der Waals surface area contributed by atoms with Crippen LogP contribution in [0.5, 0.6) is 5.75 Å². The summed E-state index contributed by atoms with van der Waals surface area (Å²) in [7, 11) is 0. The lowest BCUT2D eigenvalue weighted by atomic mass is 9.97. The van der Waals surface area contributed by atoms with Gasteiger partial charge in [0.05, 0.1) is 11.1 Å². The maximum atomic E-state index is 15.1. The average Bonchev–Trinajstić information content (AvgIpc) is 3.01. The number of halogens is 6. The van der Waals surface area contributed by atoms with Gasteiger partial charge in [-0.3, -0.25) is 0 Å². The number of unbranched alkanes of at least 4 members (excludes halogenated alkanes) is 2. The van der Waals surface area contributed by atoms with E-state index < -0.39 is 40.7 Å². The molecule has 0 radical (unpaired) electrons. The van der Waals surface area contributed by atoms with Crippen LogP contribution < -0.4 is 4.74 Å². The molecule has 0 spiro atoms. The lowest BCUT2D eigenvalue weighted by Crippen LogP contribution is -2.23. The number of nitrogens with zero attached hydrogens (tertiary/aromatic N) is 1. The maximum Gasteiger partial charge on any atom is 0.429 e. The number of hydrogen-bond acceptors (Lipinski definition) is 2. The predicted molar refractivity (Wildman–Crippen MR) is 161 cm³/mol. The third-order valence-electron chi connectivity index (χ3n) is 7.51. The standard InChI is InChI=1S/C37H27F6NO/c1-2-3-4-5-23-6-8-24(9-7-23)25-12-15-30(34(39)18-25)27-13-17-32(36(41)20-27)37(42,43)45-29-14-16-31(35(40)21-29)26-10-11-28(22-44)33(38)19-26/h6-21H,2-5H2,1H3. The second-order valence-corrected chi connectivity index (χ2v) is 10.6. The Kier molecular flexibility index (Phi) is 9.29. The minimum Gasteiger partial charge on any atom is -0.429 e. The van der Waals surface area contributed by atoms with Gasteiger partial charge in [0.15, 0.2) is 0 Å². The molecule has 0 aliphatic carbocycles. The highest BCUT2D eigenvalue weighted by Crippen LogP contribution is 2.37. The number of rotatable bonds is 10. The van der Waals surface area contributed by atoms with Gasteiger partial charge in [0.25, 0.3) is 0 Å². The quantitative estimate of drug-likeness (QED) is 0.116. The van der Waals surface area contributed by atoms with Crippen LogP contribution in [0.1, 0.15) is 42.9 Å². The largest absolute Gasteiger partial charge is 0.429 e. The van der Waals surface area contributed by atoms with Crippen LogP contribution in [0.15, 0.2) is 97.1 Å². The monoisotopic (exact) mass is 615 g/mol. The molecule has 5 rings (SSSR count). The number of ether oxygens (including phenoxy) is 1. The van der Waals surface area contributed by atoms with Crippen LogP contribution in [0.4, 0.5) is 26.3 Å². The predicted octanol–water partition coefficient (Wildman–Crippen LogP) is 11.0. The number of benzene rings is 5. The third-order valence-corrected chi connectivity index (χ3v) is 7.51. The molecule has 0 saturated heterocycles. The van der Waals surface area contributed by atoms with E-state index in [4.69, 9.17) is 5.26 Å². The van der Waals surface area contributed by atoms with Crippen molar-refractivity contribution < 1.29 is 31.1 Å². The smallest absolute Gasteiger partial charge is 0.429 e. The molecule has 8 heteroatoms. The van der Waals surface area contributed by atoms with E-state index in [0.717, 1.165) is 67.6 Å². The summed E-state index contributed by atoms with van der Waals surface area (Å²) in [5, 5.41) is 8.86. The molecule has 0 bridgehead atoms. The van der Waals surface area contributed by atoms with Crippen molar-refractivity contribution in [3.05, 3.63) is 137 Å². The van der Waals surface area contributed by atoms with E-state index >= 15 is 17.6 Å². The van der Waals surface area contributed by atoms with Crippen molar-refractivity contribution in [1.82, 2.24) is 0 Å². The highest BCUT2D eigenvalue weighted by atomic mass is 19.3. The van der Waals surface area contributed by atoms with Crippen LogP contribution in [-0.4, -0.2) is 0 Å². The van der Waals surface area contributed by atoms with Crippen LogP contribution in [-0.2, 0) is 12.5 Å². The molecule has 0 aliphatic rings. The summed E-state index contributed by atoms with van der Waals surface area (Å²) in [6.45, 7) is 2.14. The molecule has 0 aromatic heterocycles. The molecular formula is C37H27F6NO. The molecule has 0 aliphatic heterocycles. The fourth-order valence-corrected chi connectivity index (χ4v) is 5.06. The molecule has 5 aromatic rings. The SMILES string of the molecule is CCCCCc1ccc(-c2ccc(-c3ccc(C(F)(F)Oc4ccc(-c5ccc(C#N)c(F)c5)c(F)c4)c(F)c3)c(F)c2)cc1. The highest BCUT2D eigenvalue weighted by molar-refractivity contribution is 5.71. The Labute approximate surface area is 257 Å². The van der Waals surface area contributed by atoms with Crippen LogP contribution in [0.2, 0.25) is 0 Å². The van der Waals surface area contributed by atoms with Crippen molar-refractivity contribution in [1.29, 1.82) is 5.26 Å². The van der Waals surface area contributed by atoms with E-state index in [-0.39, 0.29) is 27.8 Å². The molecule has 0 unspecified atom stereocenters. The molecule has 0 amide bonds. The summed E-state index contributed by atoms with van der Waals surface area (Å²) in [6.07, 6.45) is 0.152. The molecule has 0 atom stereocenters. The first-order chi connectivity index (χ1) is 21.6. The summed E-state index contributed by atoms with van der Waals surface area (Å²) in [5.74, 6) is -4.45. The zero-order valence-corrected chi connectivity index (χ0v) is 24.2. The molecule has 2 nitrogen and oxygen atoms in total. The van der Waals surface area contributed by atoms with Crippen LogP contribution >= 0.6 is 0 Å². The first kappa shape index (κ1) is 31.4. The van der Waals surface area contributed by atoms with Gasteiger partial charge in [-0.2, -0.15) is 14.0 Å². The fourth-order valence-electron chi connectivity index (χ4n) is 5.06. The number of nitriles is 1. The first-order valence-corrected chi connectivity index (χ1v) is 14.3. The van der Waals surface area contributed by atoms with Gasteiger partial charge in [-0.05, 0) is 83.1 Å². The maximum absolute atomic E-state index is 15.1. The Morgan fingerprint density at radius 1 is 0.622 bits per heavy atom. The van der Waals surface area contributed by atoms with Gasteiger partial charge in [0, 0.05) is 17.2 Å². The molecule has 45 heavy (non-hydrogen) atoms. The van der Waals surface area contributed by atoms with Crippen molar-refractivity contribution in [2.24, 2.45) is 0 Å². The van der Waals surface area contributed by atoms with E-state index in [1.54, 1.807) is 12.1 Å². The zero-order chi connectivity index (χ0) is 32.1. The molecule has 0 heterocycles. The molecule has 0 N–H and O–H groups in total. The van der Waals surface area contributed by atoms with Crippen molar-refractivity contribution >= 4 is 0 Å². The fraction of sp³-hybridized carbons (Fsp3) is 0.162. The third kappa shape index (κ3) is 7.04. The summed E-state index contributed by atoms with van der Waals surface area (Å²) in [6, 6.07) is 22.9. The van der Waals surface area contributed by atoms with Gasteiger partial charge in [-0.15, -0.1) is 0 Å². The van der Waals surface area contributed by atoms with Crippen molar-refractivity contribution in [3.63, 3.8) is 0 Å². The minimum absolute atomic E-state index is 0.0292. The number of hydrogen-bond donors (Lipinski definition) is 0. The van der Waals surface area contributed by atoms with E-state index in [0.29, 0.717) is 11.6 Å². The Bertz CT molecular complexity index is 1880. The van der Waals surface area contributed by atoms with Gasteiger partial charge in [0.2, 0.25) is 0 Å². The normalized spacial score (nSPS) is 11.3. The summed E-state index contributed by atoms with van der Waals surface area (Å²) in [5.41, 5.74) is 1.32. The lowest BCUT2D eigenvalue weighted by molar-refractivity contribution is -0.187. The molecule has 0 fully saturated rings. The topological polar surface area (TPSA) is 33.0 Å². The second kappa shape index (κ2) is 13.3. The minimum atomic E-state index is -4.21. The Balaban J connectivity index is 1.32. The second-order valence-electron chi connectivity index (χ2n) is 10.6. The Morgan fingerprint density at radius 3 is 1.80 bits per heavy atom. The van der Waals surface area contributed by atoms with Crippen LogP contribution in [0.3, 0.4) is 0 Å². The first-order valence-electron chi connectivity index (χ1n) is 14.3. The van der Waals surface area contributed by atoms with E-state index in [1.165, 1.54) is 29.8 Å². The Morgan fingerprint density at radius 2 is 1.20 bits per heavy atom. The zero-order valence-electron chi connectivity index (χ0n) is 24.2. The highest BCUT2D eigenvalue weighted by Gasteiger charge is 2.38.